The zero-order chi connectivity index (χ0) is 21.0. The van der Waals surface area contributed by atoms with Crippen molar-refractivity contribution in [1.82, 2.24) is 9.72 Å². The standard InChI is InChI=1S/C22H22N2O5/c1-14-11-18(16(3)24(14)21-12-15(2)29-23-21)20(26)13-28-22(27)10-9-19(25)17-7-5-4-6-8-17/h4-8,11-12H,9-10,13H2,1-3H3. The van der Waals surface area contributed by atoms with E-state index in [0.29, 0.717) is 28.4 Å². The molecule has 0 atom stereocenters. The van der Waals surface area contributed by atoms with E-state index in [1.165, 1.54) is 0 Å². The molecular formula is C22H22N2O5. The first-order chi connectivity index (χ1) is 13.9. The summed E-state index contributed by atoms with van der Waals surface area (Å²) in [6, 6.07) is 12.2. The van der Waals surface area contributed by atoms with Gasteiger partial charge in [0.1, 0.15) is 5.76 Å². The summed E-state index contributed by atoms with van der Waals surface area (Å²) in [4.78, 5) is 36.5. The first-order valence-corrected chi connectivity index (χ1v) is 9.26. The molecule has 2 aromatic heterocycles. The van der Waals surface area contributed by atoms with Gasteiger partial charge in [0.25, 0.3) is 0 Å². The second-order valence-corrected chi connectivity index (χ2v) is 6.79. The highest BCUT2D eigenvalue weighted by Crippen LogP contribution is 2.21. The fourth-order valence-electron chi connectivity index (χ4n) is 3.14. The molecule has 0 amide bonds. The number of aryl methyl sites for hydroxylation is 2. The van der Waals surface area contributed by atoms with Gasteiger partial charge in [-0.3, -0.25) is 19.0 Å². The third-order valence-corrected chi connectivity index (χ3v) is 4.59. The summed E-state index contributed by atoms with van der Waals surface area (Å²) in [6.45, 7) is 5.07. The van der Waals surface area contributed by atoms with Crippen molar-refractivity contribution >= 4 is 17.5 Å². The Balaban J connectivity index is 1.57. The third-order valence-electron chi connectivity index (χ3n) is 4.59. The largest absolute Gasteiger partial charge is 0.457 e. The molecule has 0 aliphatic rings. The summed E-state index contributed by atoms with van der Waals surface area (Å²) in [7, 11) is 0. The Hall–Kier alpha value is -3.48. The molecule has 0 aliphatic heterocycles. The van der Waals surface area contributed by atoms with Crippen LogP contribution in [0.1, 0.15) is 50.7 Å². The number of benzene rings is 1. The number of hydrogen-bond acceptors (Lipinski definition) is 6. The Morgan fingerprint density at radius 2 is 1.72 bits per heavy atom. The molecule has 0 bridgehead atoms. The van der Waals surface area contributed by atoms with Crippen LogP contribution in [0.2, 0.25) is 0 Å². The van der Waals surface area contributed by atoms with Gasteiger partial charge in [0, 0.05) is 35.0 Å². The number of carbonyl (C=O) groups is 3. The number of Topliss-reactive ketones (excluding diaryl/α,β-unsaturated/α-hetero) is 2. The van der Waals surface area contributed by atoms with Crippen molar-refractivity contribution in [3.8, 4) is 5.82 Å². The molecule has 0 aliphatic carbocycles. The number of ketones is 2. The maximum atomic E-state index is 12.5. The van der Waals surface area contributed by atoms with Crippen molar-refractivity contribution in [2.75, 3.05) is 6.61 Å². The molecule has 0 saturated heterocycles. The third kappa shape index (κ3) is 4.68. The number of aromatic nitrogens is 2. The zero-order valence-electron chi connectivity index (χ0n) is 16.6. The molecular weight excluding hydrogens is 372 g/mol. The molecule has 3 aromatic rings. The van der Waals surface area contributed by atoms with Crippen LogP contribution in [0, 0.1) is 20.8 Å². The monoisotopic (exact) mass is 394 g/mol. The van der Waals surface area contributed by atoms with Gasteiger partial charge in [-0.25, -0.2) is 0 Å². The predicted octanol–water partition coefficient (Wildman–Crippen LogP) is 3.78. The van der Waals surface area contributed by atoms with Gasteiger partial charge < -0.3 is 9.26 Å². The Morgan fingerprint density at radius 1 is 1.00 bits per heavy atom. The summed E-state index contributed by atoms with van der Waals surface area (Å²) in [5.74, 6) is 0.225. The highest BCUT2D eigenvalue weighted by molar-refractivity contribution is 6.00. The van der Waals surface area contributed by atoms with Gasteiger partial charge in [-0.2, -0.15) is 0 Å². The van der Waals surface area contributed by atoms with E-state index in [1.54, 1.807) is 50.2 Å². The van der Waals surface area contributed by atoms with Crippen molar-refractivity contribution in [1.29, 1.82) is 0 Å². The number of hydrogen-bond donors (Lipinski definition) is 0. The fourth-order valence-corrected chi connectivity index (χ4v) is 3.14. The Labute approximate surface area is 168 Å². The van der Waals surface area contributed by atoms with E-state index < -0.39 is 5.97 Å². The minimum absolute atomic E-state index is 0.0387. The van der Waals surface area contributed by atoms with Gasteiger partial charge in [-0.1, -0.05) is 35.5 Å². The van der Waals surface area contributed by atoms with Crippen LogP contribution >= 0.6 is 0 Å². The second-order valence-electron chi connectivity index (χ2n) is 6.79. The van der Waals surface area contributed by atoms with Crippen LogP contribution in [-0.2, 0) is 9.53 Å². The molecule has 1 aromatic carbocycles. The minimum atomic E-state index is -0.580. The van der Waals surface area contributed by atoms with E-state index in [1.807, 2.05) is 17.6 Å². The molecule has 0 fully saturated rings. The van der Waals surface area contributed by atoms with Crippen molar-refractivity contribution in [3.63, 3.8) is 0 Å². The van der Waals surface area contributed by atoms with Gasteiger partial charge in [-0.15, -0.1) is 0 Å². The van der Waals surface area contributed by atoms with E-state index in [9.17, 15) is 14.4 Å². The summed E-state index contributed by atoms with van der Waals surface area (Å²) in [5.41, 5.74) is 2.51. The molecule has 2 heterocycles. The van der Waals surface area contributed by atoms with Gasteiger partial charge in [0.05, 0.1) is 6.42 Å². The van der Waals surface area contributed by atoms with Crippen LogP contribution in [-0.4, -0.2) is 33.9 Å². The lowest BCUT2D eigenvalue weighted by Crippen LogP contribution is -2.15. The summed E-state index contributed by atoms with van der Waals surface area (Å²) < 4.78 is 12.0. The van der Waals surface area contributed by atoms with E-state index in [-0.39, 0.29) is 31.0 Å². The topological polar surface area (TPSA) is 91.4 Å². The molecule has 150 valence electrons. The fraction of sp³-hybridized carbons (Fsp3) is 0.273. The molecule has 7 heteroatoms. The van der Waals surface area contributed by atoms with Gasteiger partial charge in [0.15, 0.2) is 18.2 Å². The lowest BCUT2D eigenvalue weighted by Gasteiger charge is -2.06. The highest BCUT2D eigenvalue weighted by Gasteiger charge is 2.20. The van der Waals surface area contributed by atoms with Crippen molar-refractivity contribution in [2.45, 2.75) is 33.6 Å². The lowest BCUT2D eigenvalue weighted by atomic mass is 10.1. The summed E-state index contributed by atoms with van der Waals surface area (Å²) in [6.07, 6.45) is -0.0324. The Bertz CT molecular complexity index is 1050. The maximum absolute atomic E-state index is 12.5. The van der Waals surface area contributed by atoms with Crippen LogP contribution in [0.5, 0.6) is 0 Å². The van der Waals surface area contributed by atoms with Gasteiger partial charge in [-0.05, 0) is 26.8 Å². The minimum Gasteiger partial charge on any atom is -0.457 e. The van der Waals surface area contributed by atoms with E-state index in [4.69, 9.17) is 9.26 Å². The summed E-state index contributed by atoms with van der Waals surface area (Å²) >= 11 is 0. The molecule has 0 spiro atoms. The smallest absolute Gasteiger partial charge is 0.306 e. The zero-order valence-corrected chi connectivity index (χ0v) is 16.6. The SMILES string of the molecule is Cc1cc(-n2c(C)cc(C(=O)COC(=O)CCC(=O)c3ccccc3)c2C)no1. The molecule has 3 rings (SSSR count). The van der Waals surface area contributed by atoms with Crippen LogP contribution in [0.3, 0.4) is 0 Å². The number of esters is 1. The number of rotatable bonds is 8. The summed E-state index contributed by atoms with van der Waals surface area (Å²) in [5, 5.41) is 3.98. The van der Waals surface area contributed by atoms with Crippen LogP contribution < -0.4 is 0 Å². The second kappa shape index (κ2) is 8.68. The molecule has 0 saturated carbocycles. The highest BCUT2D eigenvalue weighted by atomic mass is 16.5. The van der Waals surface area contributed by atoms with Crippen LogP contribution in [0.25, 0.3) is 5.82 Å². The van der Waals surface area contributed by atoms with Crippen molar-refractivity contribution in [3.05, 3.63) is 70.7 Å². The average molecular weight is 394 g/mol. The van der Waals surface area contributed by atoms with Gasteiger partial charge >= 0.3 is 5.97 Å². The van der Waals surface area contributed by atoms with E-state index >= 15 is 0 Å². The molecule has 7 nitrogen and oxygen atoms in total. The number of carbonyl (C=O) groups excluding carboxylic acids is 3. The number of ether oxygens (including phenoxy) is 1. The number of nitrogens with zero attached hydrogens (tertiary/aromatic N) is 2. The normalized spacial score (nSPS) is 10.7. The first-order valence-electron chi connectivity index (χ1n) is 9.26. The van der Waals surface area contributed by atoms with E-state index in [2.05, 4.69) is 5.16 Å². The van der Waals surface area contributed by atoms with E-state index in [0.717, 1.165) is 5.69 Å². The Morgan fingerprint density at radius 3 is 2.38 bits per heavy atom. The lowest BCUT2D eigenvalue weighted by molar-refractivity contribution is -0.142. The van der Waals surface area contributed by atoms with Crippen LogP contribution in [0.4, 0.5) is 0 Å². The maximum Gasteiger partial charge on any atom is 0.306 e. The first kappa shape index (κ1) is 20.3. The van der Waals surface area contributed by atoms with Crippen LogP contribution in [0.15, 0.2) is 47.0 Å². The predicted molar refractivity (Wildman–Crippen MR) is 105 cm³/mol. The van der Waals surface area contributed by atoms with Crippen molar-refractivity contribution in [2.24, 2.45) is 0 Å². The average Bonchev–Trinajstić information content (AvgIpc) is 3.26. The quantitative estimate of drug-likeness (QED) is 0.426. The molecule has 0 unspecified atom stereocenters. The van der Waals surface area contributed by atoms with Gasteiger partial charge in [0.2, 0.25) is 5.78 Å². The molecule has 29 heavy (non-hydrogen) atoms. The van der Waals surface area contributed by atoms with Crippen molar-refractivity contribution < 1.29 is 23.6 Å². The molecule has 0 N–H and O–H groups in total. The molecule has 0 radical (unpaired) electrons. The Kier molecular flexibility index (Phi) is 6.07.